The third-order valence-corrected chi connectivity index (χ3v) is 2.75. The highest BCUT2D eigenvalue weighted by Crippen LogP contribution is 2.26. The van der Waals surface area contributed by atoms with Crippen LogP contribution >= 0.6 is 0 Å². The Morgan fingerprint density at radius 3 is 2.38 bits per heavy atom. The van der Waals surface area contributed by atoms with Gasteiger partial charge in [-0.3, -0.25) is 0 Å². The lowest BCUT2D eigenvalue weighted by molar-refractivity contribution is 0.187. The molecule has 0 bridgehead atoms. The second-order valence-corrected chi connectivity index (χ2v) is 4.21. The van der Waals surface area contributed by atoms with E-state index in [1.807, 2.05) is 45.0 Å². The Hall–Kier alpha value is -1.54. The van der Waals surface area contributed by atoms with E-state index < -0.39 is 6.10 Å². The lowest BCUT2D eigenvalue weighted by atomic mass is 10.00. The molecule has 0 radical (unpaired) electrons. The molecule has 1 aromatic heterocycles. The average Bonchev–Trinajstić information content (AvgIpc) is 2.64. The normalized spacial score (nSPS) is 12.8. The van der Waals surface area contributed by atoms with E-state index in [0.29, 0.717) is 5.76 Å². The Morgan fingerprint density at radius 1 is 1.06 bits per heavy atom. The van der Waals surface area contributed by atoms with Crippen LogP contribution in [0.1, 0.15) is 34.3 Å². The molecule has 2 rings (SSSR count). The molecule has 1 aromatic carbocycles. The fourth-order valence-corrected chi connectivity index (χ4v) is 1.89. The van der Waals surface area contributed by atoms with Crippen molar-refractivity contribution in [1.29, 1.82) is 0 Å². The molecule has 1 heterocycles. The van der Waals surface area contributed by atoms with E-state index in [9.17, 15) is 5.11 Å². The predicted octanol–water partition coefficient (Wildman–Crippen LogP) is 3.29. The second-order valence-electron chi connectivity index (χ2n) is 4.21. The maximum atomic E-state index is 10.2. The zero-order valence-corrected chi connectivity index (χ0v) is 9.82. The van der Waals surface area contributed by atoms with Crippen LogP contribution in [0.2, 0.25) is 0 Å². The minimum atomic E-state index is -0.672. The van der Waals surface area contributed by atoms with E-state index >= 15 is 0 Å². The summed E-state index contributed by atoms with van der Waals surface area (Å²) < 4.78 is 5.43. The second kappa shape index (κ2) is 4.14. The Bertz CT molecular complexity index is 497. The zero-order chi connectivity index (χ0) is 11.7. The summed E-state index contributed by atoms with van der Waals surface area (Å²) in [6.07, 6.45) is -0.672. The van der Waals surface area contributed by atoms with Gasteiger partial charge < -0.3 is 9.52 Å². The number of furan rings is 1. The average molecular weight is 216 g/mol. The molecule has 84 valence electrons. The first kappa shape index (κ1) is 11.0. The highest BCUT2D eigenvalue weighted by Gasteiger charge is 2.15. The topological polar surface area (TPSA) is 33.4 Å². The molecule has 1 N–H and O–H groups in total. The molecule has 0 saturated carbocycles. The standard InChI is InChI=1S/C14H16O2/c1-9-4-6-12(10(2)8-9)14(15)13-7-5-11(3)16-13/h4-8,14-15H,1-3H3/t14-/m0/s1. The van der Waals surface area contributed by atoms with Crippen molar-refractivity contribution in [3.63, 3.8) is 0 Å². The number of hydrogen-bond acceptors (Lipinski definition) is 2. The van der Waals surface area contributed by atoms with Gasteiger partial charge in [0.15, 0.2) is 0 Å². The summed E-state index contributed by atoms with van der Waals surface area (Å²) in [6, 6.07) is 9.70. The predicted molar refractivity (Wildman–Crippen MR) is 63.4 cm³/mol. The van der Waals surface area contributed by atoms with Crippen molar-refractivity contribution in [2.75, 3.05) is 0 Å². The van der Waals surface area contributed by atoms with Crippen molar-refractivity contribution < 1.29 is 9.52 Å². The van der Waals surface area contributed by atoms with E-state index in [1.165, 1.54) is 5.56 Å². The van der Waals surface area contributed by atoms with Crippen LogP contribution in [-0.4, -0.2) is 5.11 Å². The van der Waals surface area contributed by atoms with Crippen molar-refractivity contribution in [1.82, 2.24) is 0 Å². The summed E-state index contributed by atoms with van der Waals surface area (Å²) in [6.45, 7) is 5.92. The first-order chi connectivity index (χ1) is 7.58. The Kier molecular flexibility index (Phi) is 2.84. The summed E-state index contributed by atoms with van der Waals surface area (Å²) in [4.78, 5) is 0. The lowest BCUT2D eigenvalue weighted by Gasteiger charge is -2.12. The molecule has 0 fully saturated rings. The van der Waals surface area contributed by atoms with Crippen molar-refractivity contribution >= 4 is 0 Å². The molecule has 0 aliphatic carbocycles. The van der Waals surface area contributed by atoms with E-state index in [2.05, 4.69) is 6.07 Å². The molecule has 0 amide bonds. The highest BCUT2D eigenvalue weighted by molar-refractivity contribution is 5.35. The van der Waals surface area contributed by atoms with Gasteiger partial charge in [-0.2, -0.15) is 0 Å². The van der Waals surface area contributed by atoms with Crippen LogP contribution in [-0.2, 0) is 0 Å². The molecule has 16 heavy (non-hydrogen) atoms. The summed E-state index contributed by atoms with van der Waals surface area (Å²) in [5.74, 6) is 1.42. The van der Waals surface area contributed by atoms with Gasteiger partial charge >= 0.3 is 0 Å². The van der Waals surface area contributed by atoms with E-state index in [1.54, 1.807) is 0 Å². The van der Waals surface area contributed by atoms with Crippen LogP contribution in [0.3, 0.4) is 0 Å². The fourth-order valence-electron chi connectivity index (χ4n) is 1.89. The summed E-state index contributed by atoms with van der Waals surface area (Å²) in [5, 5.41) is 10.2. The van der Waals surface area contributed by atoms with Gasteiger partial charge in [0, 0.05) is 0 Å². The summed E-state index contributed by atoms with van der Waals surface area (Å²) >= 11 is 0. The van der Waals surface area contributed by atoms with Gasteiger partial charge in [-0.05, 0) is 44.0 Å². The first-order valence-electron chi connectivity index (χ1n) is 5.39. The van der Waals surface area contributed by atoms with Gasteiger partial charge in [-0.1, -0.05) is 23.8 Å². The zero-order valence-electron chi connectivity index (χ0n) is 9.82. The molecule has 0 aliphatic heterocycles. The third-order valence-electron chi connectivity index (χ3n) is 2.75. The van der Waals surface area contributed by atoms with Crippen LogP contribution in [0.5, 0.6) is 0 Å². The summed E-state index contributed by atoms with van der Waals surface area (Å²) in [5.41, 5.74) is 3.19. The highest BCUT2D eigenvalue weighted by atomic mass is 16.4. The van der Waals surface area contributed by atoms with Crippen molar-refractivity contribution in [3.05, 3.63) is 58.5 Å². The number of rotatable bonds is 2. The molecular formula is C14H16O2. The lowest BCUT2D eigenvalue weighted by Crippen LogP contribution is -2.00. The molecule has 0 saturated heterocycles. The molecule has 0 unspecified atom stereocenters. The Balaban J connectivity index is 2.37. The molecule has 0 spiro atoms. The molecule has 2 heteroatoms. The molecular weight excluding hydrogens is 200 g/mol. The third kappa shape index (κ3) is 2.02. The van der Waals surface area contributed by atoms with Crippen LogP contribution < -0.4 is 0 Å². The van der Waals surface area contributed by atoms with E-state index in [0.717, 1.165) is 16.9 Å². The largest absolute Gasteiger partial charge is 0.463 e. The van der Waals surface area contributed by atoms with Crippen molar-refractivity contribution in [2.24, 2.45) is 0 Å². The van der Waals surface area contributed by atoms with E-state index in [4.69, 9.17) is 4.42 Å². The van der Waals surface area contributed by atoms with Crippen LogP contribution in [0, 0.1) is 20.8 Å². The summed E-state index contributed by atoms with van der Waals surface area (Å²) in [7, 11) is 0. The number of benzene rings is 1. The van der Waals surface area contributed by atoms with Crippen molar-refractivity contribution in [3.8, 4) is 0 Å². The minimum absolute atomic E-state index is 0.601. The number of hydrogen-bond donors (Lipinski definition) is 1. The van der Waals surface area contributed by atoms with Crippen LogP contribution in [0.25, 0.3) is 0 Å². The fraction of sp³-hybridized carbons (Fsp3) is 0.286. The Labute approximate surface area is 95.5 Å². The van der Waals surface area contributed by atoms with Crippen LogP contribution in [0.4, 0.5) is 0 Å². The Morgan fingerprint density at radius 2 is 1.81 bits per heavy atom. The van der Waals surface area contributed by atoms with Gasteiger partial charge in [0.05, 0.1) is 0 Å². The molecule has 2 aromatic rings. The molecule has 0 aliphatic rings. The minimum Gasteiger partial charge on any atom is -0.463 e. The van der Waals surface area contributed by atoms with Gasteiger partial charge in [-0.25, -0.2) is 0 Å². The molecule has 2 nitrogen and oxygen atoms in total. The monoisotopic (exact) mass is 216 g/mol. The van der Waals surface area contributed by atoms with Crippen LogP contribution in [0.15, 0.2) is 34.7 Å². The quantitative estimate of drug-likeness (QED) is 0.835. The first-order valence-corrected chi connectivity index (χ1v) is 5.39. The van der Waals surface area contributed by atoms with E-state index in [-0.39, 0.29) is 0 Å². The SMILES string of the molecule is Cc1ccc([C@H](O)c2ccc(C)o2)c(C)c1. The van der Waals surface area contributed by atoms with Crippen molar-refractivity contribution in [2.45, 2.75) is 26.9 Å². The van der Waals surface area contributed by atoms with Gasteiger partial charge in [-0.15, -0.1) is 0 Å². The van der Waals surface area contributed by atoms with Gasteiger partial charge in [0.25, 0.3) is 0 Å². The maximum Gasteiger partial charge on any atom is 0.137 e. The van der Waals surface area contributed by atoms with Gasteiger partial charge in [0.2, 0.25) is 0 Å². The molecule has 1 atom stereocenters. The number of aryl methyl sites for hydroxylation is 3. The maximum absolute atomic E-state index is 10.2. The smallest absolute Gasteiger partial charge is 0.137 e. The number of aliphatic hydroxyl groups excluding tert-OH is 1. The number of aliphatic hydroxyl groups is 1. The van der Waals surface area contributed by atoms with Gasteiger partial charge in [0.1, 0.15) is 17.6 Å².